The molecule has 16 heavy (non-hydrogen) atoms. The molecule has 0 radical (unpaired) electrons. The summed E-state index contributed by atoms with van der Waals surface area (Å²) in [5.74, 6) is 2.04. The van der Waals surface area contributed by atoms with Crippen molar-refractivity contribution in [2.75, 3.05) is 6.61 Å². The van der Waals surface area contributed by atoms with Crippen LogP contribution in [-0.2, 0) is 4.43 Å². The van der Waals surface area contributed by atoms with Gasteiger partial charge in [0.05, 0.1) is 6.42 Å². The minimum absolute atomic E-state index is 0.0834. The molecular weight excluding hydrogens is 219 g/mol. The highest BCUT2D eigenvalue weighted by Gasteiger charge is 2.36. The van der Waals surface area contributed by atoms with Crippen LogP contribution < -0.4 is 0 Å². The van der Waals surface area contributed by atoms with E-state index >= 15 is 0 Å². The average Bonchev–Trinajstić information content (AvgIpc) is 2.11. The Bertz CT molecular complexity index is 281. The van der Waals surface area contributed by atoms with Gasteiger partial charge in [0, 0.05) is 6.61 Å². The molecule has 0 aromatic heterocycles. The van der Waals surface area contributed by atoms with Crippen LogP contribution in [-0.4, -0.2) is 14.9 Å². The maximum Gasteiger partial charge on any atom is 0.191 e. The van der Waals surface area contributed by atoms with Gasteiger partial charge in [0.1, 0.15) is 5.83 Å². The van der Waals surface area contributed by atoms with Crippen molar-refractivity contribution < 1.29 is 8.82 Å². The van der Waals surface area contributed by atoms with E-state index < -0.39 is 8.32 Å². The highest BCUT2D eigenvalue weighted by atomic mass is 28.4. The zero-order valence-corrected chi connectivity index (χ0v) is 12.1. The molecule has 0 aliphatic carbocycles. The molecule has 3 heteroatoms. The first kappa shape index (κ1) is 15.4. The Morgan fingerprint density at radius 2 is 2.00 bits per heavy atom. The Labute approximate surface area is 100 Å². The molecule has 0 aromatic carbocycles. The van der Waals surface area contributed by atoms with Gasteiger partial charge in [-0.2, -0.15) is 0 Å². The van der Waals surface area contributed by atoms with Crippen LogP contribution in [0.3, 0.4) is 0 Å². The van der Waals surface area contributed by atoms with Crippen molar-refractivity contribution in [1.29, 1.82) is 0 Å². The fourth-order valence-corrected chi connectivity index (χ4v) is 1.98. The molecule has 0 bridgehead atoms. The van der Waals surface area contributed by atoms with Crippen molar-refractivity contribution in [3.05, 3.63) is 11.9 Å². The number of terminal acetylenes is 1. The highest BCUT2D eigenvalue weighted by Crippen LogP contribution is 2.36. The van der Waals surface area contributed by atoms with Crippen molar-refractivity contribution in [3.8, 4) is 12.3 Å². The maximum absolute atomic E-state index is 12.9. The van der Waals surface area contributed by atoms with Crippen molar-refractivity contribution in [2.45, 2.75) is 51.7 Å². The molecule has 0 saturated carbocycles. The topological polar surface area (TPSA) is 9.23 Å². The molecule has 0 saturated heterocycles. The Morgan fingerprint density at radius 1 is 1.44 bits per heavy atom. The molecule has 0 heterocycles. The lowest BCUT2D eigenvalue weighted by Crippen LogP contribution is -2.40. The van der Waals surface area contributed by atoms with E-state index in [2.05, 4.69) is 39.8 Å². The van der Waals surface area contributed by atoms with E-state index in [4.69, 9.17) is 10.8 Å². The summed E-state index contributed by atoms with van der Waals surface area (Å²) in [5, 5.41) is 0.202. The number of allylic oxidation sites excluding steroid dienone is 1. The second kappa shape index (κ2) is 6.22. The quantitative estimate of drug-likeness (QED) is 0.397. The molecule has 0 atom stereocenters. The van der Waals surface area contributed by atoms with Crippen molar-refractivity contribution >= 4 is 8.32 Å². The highest BCUT2D eigenvalue weighted by molar-refractivity contribution is 6.74. The van der Waals surface area contributed by atoms with E-state index in [1.807, 2.05) is 0 Å². The predicted molar refractivity (Wildman–Crippen MR) is 70.4 cm³/mol. The minimum atomic E-state index is -1.69. The number of hydrogen-bond donors (Lipinski definition) is 0. The average molecular weight is 242 g/mol. The number of hydrogen-bond acceptors (Lipinski definition) is 1. The van der Waals surface area contributed by atoms with Crippen LogP contribution in [0.25, 0.3) is 0 Å². The van der Waals surface area contributed by atoms with Gasteiger partial charge in [-0.1, -0.05) is 26.7 Å². The van der Waals surface area contributed by atoms with E-state index in [1.165, 1.54) is 6.08 Å². The van der Waals surface area contributed by atoms with Crippen LogP contribution in [0, 0.1) is 12.3 Å². The first-order chi connectivity index (χ1) is 7.20. The molecule has 0 aromatic rings. The maximum atomic E-state index is 12.9. The number of rotatable bonds is 5. The molecule has 0 aliphatic rings. The van der Waals surface area contributed by atoms with E-state index in [1.54, 1.807) is 0 Å². The second-order valence-corrected chi connectivity index (χ2v) is 10.2. The van der Waals surface area contributed by atoms with Gasteiger partial charge < -0.3 is 4.43 Å². The Kier molecular flexibility index (Phi) is 5.99. The third kappa shape index (κ3) is 5.48. The molecule has 92 valence electrons. The van der Waals surface area contributed by atoms with Gasteiger partial charge >= 0.3 is 0 Å². The van der Waals surface area contributed by atoms with E-state index in [0.717, 1.165) is 0 Å². The summed E-state index contributed by atoms with van der Waals surface area (Å²) >= 11 is 0. The largest absolute Gasteiger partial charge is 0.417 e. The molecule has 1 nitrogen and oxygen atoms in total. The molecule has 0 fully saturated rings. The molecule has 0 rings (SSSR count). The summed E-state index contributed by atoms with van der Waals surface area (Å²) in [4.78, 5) is 0. The third-order valence-corrected chi connectivity index (χ3v) is 7.56. The van der Waals surface area contributed by atoms with Crippen LogP contribution in [0.2, 0.25) is 18.1 Å². The van der Waals surface area contributed by atoms with Gasteiger partial charge in [-0.15, -0.1) is 6.42 Å². The molecular formula is C13H23FOSi. The SMILES string of the molecule is C#CCC(F)=CCCO[Si](C)(C)C(C)(C)C. The van der Waals surface area contributed by atoms with Crippen LogP contribution >= 0.6 is 0 Å². The zero-order chi connectivity index (χ0) is 12.8. The van der Waals surface area contributed by atoms with Gasteiger partial charge in [0.2, 0.25) is 0 Å². The van der Waals surface area contributed by atoms with Crippen LogP contribution in [0.1, 0.15) is 33.6 Å². The fourth-order valence-electron chi connectivity index (χ4n) is 0.916. The summed E-state index contributed by atoms with van der Waals surface area (Å²) < 4.78 is 18.8. The van der Waals surface area contributed by atoms with Gasteiger partial charge in [-0.3, -0.25) is 0 Å². The molecule has 0 spiro atoms. The molecule has 0 amide bonds. The Balaban J connectivity index is 4.01. The second-order valence-electron chi connectivity index (χ2n) is 5.43. The van der Waals surface area contributed by atoms with Crippen molar-refractivity contribution in [3.63, 3.8) is 0 Å². The lowest BCUT2D eigenvalue weighted by atomic mass is 10.2. The lowest BCUT2D eigenvalue weighted by molar-refractivity contribution is 0.293. The summed E-state index contributed by atoms with van der Waals surface area (Å²) in [6.45, 7) is 11.5. The minimum Gasteiger partial charge on any atom is -0.417 e. The first-order valence-corrected chi connectivity index (χ1v) is 8.53. The summed E-state index contributed by atoms with van der Waals surface area (Å²) in [7, 11) is -1.69. The van der Waals surface area contributed by atoms with E-state index in [-0.39, 0.29) is 17.3 Å². The van der Waals surface area contributed by atoms with Crippen molar-refractivity contribution in [2.24, 2.45) is 0 Å². The van der Waals surface area contributed by atoms with E-state index in [9.17, 15) is 4.39 Å². The Hall–Kier alpha value is -0.593. The lowest BCUT2D eigenvalue weighted by Gasteiger charge is -2.36. The smallest absolute Gasteiger partial charge is 0.191 e. The van der Waals surface area contributed by atoms with Gasteiger partial charge in [0.25, 0.3) is 0 Å². The monoisotopic (exact) mass is 242 g/mol. The normalized spacial score (nSPS) is 13.7. The summed E-state index contributed by atoms with van der Waals surface area (Å²) in [6, 6.07) is 0. The van der Waals surface area contributed by atoms with Gasteiger partial charge in [0.15, 0.2) is 8.32 Å². The zero-order valence-electron chi connectivity index (χ0n) is 11.1. The number of halogens is 1. The van der Waals surface area contributed by atoms with Crippen LogP contribution in [0.15, 0.2) is 11.9 Å². The predicted octanol–water partition coefficient (Wildman–Crippen LogP) is 4.28. The standard InChI is InChI=1S/C13H23FOSi/c1-7-9-12(14)10-8-11-15-16(5,6)13(2,3)4/h1,10H,8-9,11H2,2-6H3. The summed E-state index contributed by atoms with van der Waals surface area (Å²) in [6.07, 6.45) is 7.21. The summed E-state index contributed by atoms with van der Waals surface area (Å²) in [5.41, 5.74) is 0. The van der Waals surface area contributed by atoms with Crippen LogP contribution in [0.5, 0.6) is 0 Å². The van der Waals surface area contributed by atoms with Crippen LogP contribution in [0.4, 0.5) is 4.39 Å². The fraction of sp³-hybridized carbons (Fsp3) is 0.692. The first-order valence-electron chi connectivity index (χ1n) is 5.62. The Morgan fingerprint density at radius 3 is 2.44 bits per heavy atom. The van der Waals surface area contributed by atoms with Gasteiger partial charge in [-0.25, -0.2) is 4.39 Å². The molecule has 0 N–H and O–H groups in total. The van der Waals surface area contributed by atoms with E-state index in [0.29, 0.717) is 13.0 Å². The molecule has 0 unspecified atom stereocenters. The third-order valence-electron chi connectivity index (χ3n) is 3.02. The van der Waals surface area contributed by atoms with Crippen molar-refractivity contribution in [1.82, 2.24) is 0 Å². The van der Waals surface area contributed by atoms with Gasteiger partial charge in [-0.05, 0) is 30.6 Å². The molecule has 0 aliphatic heterocycles.